The van der Waals surface area contributed by atoms with Gasteiger partial charge in [-0.3, -0.25) is 29.9 Å². The highest BCUT2D eigenvalue weighted by Crippen LogP contribution is 2.33. The van der Waals surface area contributed by atoms with Gasteiger partial charge in [-0.05, 0) is 97.6 Å². The molecule has 7 aromatic rings. The molecule has 9 heteroatoms. The molecule has 1 aliphatic heterocycles. The fourth-order valence-corrected chi connectivity index (χ4v) is 6.62. The molecule has 6 aromatic heterocycles. The summed E-state index contributed by atoms with van der Waals surface area (Å²) in [6, 6.07) is 27.0. The second kappa shape index (κ2) is 18.2. The molecule has 0 radical (unpaired) electrons. The quantitative estimate of drug-likeness (QED) is 0.104. The topological polar surface area (TPSA) is 111 Å². The summed E-state index contributed by atoms with van der Waals surface area (Å²) < 4.78 is 2.29. The number of allylic oxidation sites excluding steroid dienone is 4. The molecule has 0 saturated heterocycles. The average Bonchev–Trinajstić information content (AvgIpc) is 3.36. The van der Waals surface area contributed by atoms with Gasteiger partial charge >= 0.3 is 0 Å². The van der Waals surface area contributed by atoms with Crippen LogP contribution in [0.2, 0.25) is 0 Å². The Labute approximate surface area is 327 Å². The van der Waals surface area contributed by atoms with Crippen molar-refractivity contribution in [2.45, 2.75) is 26.2 Å². The van der Waals surface area contributed by atoms with Gasteiger partial charge in [0.2, 0.25) is 0 Å². The van der Waals surface area contributed by atoms with Gasteiger partial charge in [-0.2, -0.15) is 0 Å². The van der Waals surface area contributed by atoms with Gasteiger partial charge in [0.15, 0.2) is 0 Å². The summed E-state index contributed by atoms with van der Waals surface area (Å²) in [5.41, 5.74) is 18.5. The van der Waals surface area contributed by atoms with E-state index in [-0.39, 0.29) is 0 Å². The molecule has 0 bridgehead atoms. The minimum Gasteiger partial charge on any atom is -0.404 e. The number of pyridine rings is 5. The number of hydrogen-bond acceptors (Lipinski definition) is 8. The van der Waals surface area contributed by atoms with E-state index in [0.717, 1.165) is 80.3 Å². The molecular weight excluding hydrogens is 691 g/mol. The van der Waals surface area contributed by atoms with Gasteiger partial charge in [-0.25, -0.2) is 0 Å². The van der Waals surface area contributed by atoms with Crippen LogP contribution in [0.15, 0.2) is 171 Å². The van der Waals surface area contributed by atoms with E-state index in [1.54, 1.807) is 37.1 Å². The van der Waals surface area contributed by atoms with Gasteiger partial charge < -0.3 is 15.2 Å². The van der Waals surface area contributed by atoms with Crippen LogP contribution in [0.3, 0.4) is 0 Å². The molecule has 1 aliphatic rings. The number of aliphatic imine (C=N–C) groups is 1. The maximum atomic E-state index is 6.06. The van der Waals surface area contributed by atoms with Crippen LogP contribution in [0, 0.1) is 0 Å². The molecule has 8 rings (SSSR count). The van der Waals surface area contributed by atoms with Crippen LogP contribution in [-0.4, -0.2) is 42.2 Å². The Bertz CT molecular complexity index is 2440. The first-order valence-corrected chi connectivity index (χ1v) is 18.6. The van der Waals surface area contributed by atoms with Gasteiger partial charge in [0, 0.05) is 107 Å². The molecule has 7 heterocycles. The lowest BCUT2D eigenvalue weighted by Gasteiger charge is -2.24. The lowest BCUT2D eigenvalue weighted by Crippen LogP contribution is -2.10. The summed E-state index contributed by atoms with van der Waals surface area (Å²) in [6.45, 7) is 5.93. The number of aromatic nitrogens is 6. The van der Waals surface area contributed by atoms with Crippen molar-refractivity contribution in [2.24, 2.45) is 10.7 Å². The number of hydrogen-bond donors (Lipinski definition) is 1. The van der Waals surface area contributed by atoms with Gasteiger partial charge in [0.25, 0.3) is 0 Å². The average molecular weight is 734 g/mol. The molecule has 2 N–H and O–H groups in total. The first kappa shape index (κ1) is 37.1. The molecular formula is C47H43N9. The smallest absolute Gasteiger partial charge is 0.0645 e. The second-order valence-corrected chi connectivity index (χ2v) is 13.0. The first-order valence-electron chi connectivity index (χ1n) is 18.6. The summed E-state index contributed by atoms with van der Waals surface area (Å²) in [5, 5.41) is 1.11. The van der Waals surface area contributed by atoms with E-state index in [0.29, 0.717) is 13.0 Å². The fourth-order valence-electron chi connectivity index (χ4n) is 6.62. The standard InChI is InChI=1S/C44H37N9.C3H6/c45-27-33(5-2-1-4-32-7-12-37(13-8-32)53-43-6-3-20-48-30-41(43)42-31-49-25-19-44(42)53)34-9-10-35(50-28-34)26-36-11-14-40(29-51-36)52(38-15-21-46-22-16-38)39-17-23-47-24-18-39;1-3-2/h2-3,5-19,21-25,27-31H,1,4,20,26,45H2;3H,1H2,2H3/b5-2-,33-27+;. The normalized spacial score (nSPS) is 12.2. The van der Waals surface area contributed by atoms with Crippen molar-refractivity contribution in [1.82, 2.24) is 29.5 Å². The van der Waals surface area contributed by atoms with Crippen molar-refractivity contribution < 1.29 is 0 Å². The Morgan fingerprint density at radius 1 is 0.786 bits per heavy atom. The molecule has 0 amide bonds. The minimum atomic E-state index is 0.618. The van der Waals surface area contributed by atoms with E-state index >= 15 is 0 Å². The highest BCUT2D eigenvalue weighted by atomic mass is 15.1. The number of aryl methyl sites for hydroxylation is 1. The lowest BCUT2D eigenvalue weighted by atomic mass is 10.1. The summed E-state index contributed by atoms with van der Waals surface area (Å²) in [7, 11) is 0. The molecule has 0 unspecified atom stereocenters. The van der Waals surface area contributed by atoms with Crippen molar-refractivity contribution in [1.29, 1.82) is 0 Å². The molecule has 0 atom stereocenters. The number of rotatable bonds is 11. The van der Waals surface area contributed by atoms with E-state index < -0.39 is 0 Å². The molecule has 0 saturated carbocycles. The van der Waals surface area contributed by atoms with Gasteiger partial charge in [0.1, 0.15) is 0 Å². The van der Waals surface area contributed by atoms with Crippen LogP contribution in [0.5, 0.6) is 0 Å². The van der Waals surface area contributed by atoms with Crippen LogP contribution in [0.1, 0.15) is 47.1 Å². The Morgan fingerprint density at radius 2 is 1.46 bits per heavy atom. The Kier molecular flexibility index (Phi) is 12.0. The summed E-state index contributed by atoms with van der Waals surface area (Å²) in [5.74, 6) is 0. The molecule has 276 valence electrons. The summed E-state index contributed by atoms with van der Waals surface area (Å²) in [4.78, 5) is 28.9. The van der Waals surface area contributed by atoms with Crippen LogP contribution in [0.25, 0.3) is 28.2 Å². The fraction of sp³-hybridized carbons (Fsp3) is 0.106. The molecule has 9 nitrogen and oxygen atoms in total. The van der Waals surface area contributed by atoms with Crippen LogP contribution in [-0.2, 0) is 12.8 Å². The number of fused-ring (bicyclic) bond motifs is 3. The van der Waals surface area contributed by atoms with Crippen LogP contribution < -0.4 is 10.6 Å². The van der Waals surface area contributed by atoms with Crippen LogP contribution in [0.4, 0.5) is 17.1 Å². The third-order valence-corrected chi connectivity index (χ3v) is 9.25. The van der Waals surface area contributed by atoms with Gasteiger partial charge in [-0.15, -0.1) is 6.58 Å². The number of benzene rings is 1. The van der Waals surface area contributed by atoms with Crippen molar-refractivity contribution >= 4 is 45.8 Å². The predicted octanol–water partition coefficient (Wildman–Crippen LogP) is 9.79. The van der Waals surface area contributed by atoms with Crippen molar-refractivity contribution in [3.05, 3.63) is 199 Å². The number of nitrogens with zero attached hydrogens (tertiary/aromatic N) is 8. The maximum Gasteiger partial charge on any atom is 0.0645 e. The van der Waals surface area contributed by atoms with Crippen molar-refractivity contribution in [3.63, 3.8) is 0 Å². The van der Waals surface area contributed by atoms with Crippen LogP contribution >= 0.6 is 0 Å². The zero-order valence-corrected chi connectivity index (χ0v) is 31.4. The highest BCUT2D eigenvalue weighted by molar-refractivity contribution is 6.04. The van der Waals surface area contributed by atoms with E-state index in [1.165, 1.54) is 5.56 Å². The zero-order chi connectivity index (χ0) is 38.5. The van der Waals surface area contributed by atoms with Crippen molar-refractivity contribution in [2.75, 3.05) is 11.4 Å². The molecule has 0 fully saturated rings. The summed E-state index contributed by atoms with van der Waals surface area (Å²) >= 11 is 0. The molecule has 0 spiro atoms. The summed E-state index contributed by atoms with van der Waals surface area (Å²) in [6.07, 6.45) is 31.0. The lowest BCUT2D eigenvalue weighted by molar-refractivity contribution is 0.996. The van der Waals surface area contributed by atoms with Gasteiger partial charge in [-0.1, -0.05) is 42.5 Å². The molecule has 1 aromatic carbocycles. The van der Waals surface area contributed by atoms with E-state index in [2.05, 4.69) is 103 Å². The first-order chi connectivity index (χ1) is 27.7. The zero-order valence-electron chi connectivity index (χ0n) is 31.4. The Hall–Kier alpha value is -7.26. The van der Waals surface area contributed by atoms with E-state index in [9.17, 15) is 0 Å². The van der Waals surface area contributed by atoms with Gasteiger partial charge in [0.05, 0.1) is 29.6 Å². The van der Waals surface area contributed by atoms with E-state index in [4.69, 9.17) is 15.7 Å². The number of nitrogens with two attached hydrogens (primary N) is 1. The highest BCUT2D eigenvalue weighted by Gasteiger charge is 2.17. The minimum absolute atomic E-state index is 0.618. The Balaban J connectivity index is 0.00000155. The molecule has 56 heavy (non-hydrogen) atoms. The monoisotopic (exact) mass is 733 g/mol. The number of anilines is 3. The van der Waals surface area contributed by atoms with Crippen molar-refractivity contribution in [3.8, 4) is 5.69 Å². The SMILES string of the molecule is C=CC.N/C=C(\C=C/CCc1ccc(-n2c3c(c4cnccc42)C=NCC=C3)cc1)c1ccc(Cc2ccc(N(c3ccncc3)c3ccncc3)cn2)nc1. The third-order valence-electron chi connectivity index (χ3n) is 9.25. The maximum absolute atomic E-state index is 6.06. The molecule has 0 aliphatic carbocycles. The predicted molar refractivity (Wildman–Crippen MR) is 230 cm³/mol. The largest absolute Gasteiger partial charge is 0.404 e. The Morgan fingerprint density at radius 3 is 2.11 bits per heavy atom. The third kappa shape index (κ3) is 8.58. The second-order valence-electron chi connectivity index (χ2n) is 13.0. The van der Waals surface area contributed by atoms with E-state index in [1.807, 2.05) is 74.3 Å².